The maximum atomic E-state index is 11.8. The Kier molecular flexibility index (Phi) is 6.54. The molecule has 132 valence electrons. The molecule has 2 rings (SSSR count). The number of ether oxygens (including phenoxy) is 1. The van der Waals surface area contributed by atoms with E-state index in [1.165, 1.54) is 7.11 Å². The first kappa shape index (κ1) is 18.9. The second kappa shape index (κ2) is 8.63. The van der Waals surface area contributed by atoms with Crippen molar-refractivity contribution in [2.24, 2.45) is 0 Å². The fraction of sp³-hybridized carbons (Fsp3) is 0.318. The Morgan fingerprint density at radius 1 is 1.04 bits per heavy atom. The summed E-state index contributed by atoms with van der Waals surface area (Å²) < 4.78 is 4.83. The normalized spacial score (nSPS) is 13.2. The minimum Gasteiger partial charge on any atom is -0.466 e. The van der Waals surface area contributed by atoms with Gasteiger partial charge in [0, 0.05) is 17.5 Å². The number of hydrogen-bond donors (Lipinski definition) is 0. The van der Waals surface area contributed by atoms with E-state index in [4.69, 9.17) is 4.74 Å². The molecule has 0 saturated heterocycles. The topological polar surface area (TPSA) is 29.5 Å². The average molecular weight is 337 g/mol. The summed E-state index contributed by atoms with van der Waals surface area (Å²) in [4.78, 5) is 14.0. The van der Waals surface area contributed by atoms with Crippen molar-refractivity contribution in [3.8, 4) is 0 Å². The molecule has 0 aliphatic rings. The number of nitrogens with zero attached hydrogens (tertiary/aromatic N) is 1. The minimum atomic E-state index is -0.402. The molecule has 0 heterocycles. The van der Waals surface area contributed by atoms with Gasteiger partial charge in [0.2, 0.25) is 0 Å². The predicted octanol–water partition coefficient (Wildman–Crippen LogP) is 4.04. The molecule has 0 aromatic heterocycles. The fourth-order valence-corrected chi connectivity index (χ4v) is 3.06. The van der Waals surface area contributed by atoms with E-state index in [0.29, 0.717) is 6.04 Å². The monoisotopic (exact) mass is 337 g/mol. The third-order valence-corrected chi connectivity index (χ3v) is 4.78. The number of benzene rings is 2. The second-order valence-electron chi connectivity index (χ2n) is 6.58. The molecule has 3 nitrogen and oxygen atoms in total. The summed E-state index contributed by atoms with van der Waals surface area (Å²) in [6.45, 7) is 2.20. The molecule has 1 unspecified atom stereocenters. The van der Waals surface area contributed by atoms with Crippen LogP contribution in [0.1, 0.15) is 24.5 Å². The van der Waals surface area contributed by atoms with Gasteiger partial charge in [0.1, 0.15) is 0 Å². The lowest BCUT2D eigenvalue weighted by molar-refractivity contribution is -0.134. The molecule has 0 fully saturated rings. The van der Waals surface area contributed by atoms with Gasteiger partial charge in [-0.05, 0) is 38.6 Å². The van der Waals surface area contributed by atoms with Crippen molar-refractivity contribution in [3.63, 3.8) is 0 Å². The van der Waals surface area contributed by atoms with Crippen LogP contribution in [0.4, 0.5) is 0 Å². The van der Waals surface area contributed by atoms with Crippen molar-refractivity contribution in [2.45, 2.75) is 24.8 Å². The number of methoxy groups -OCH3 is 1. The molecule has 0 radical (unpaired) electrons. The Bertz CT molecular complexity index is 653. The van der Waals surface area contributed by atoms with E-state index >= 15 is 0 Å². The highest BCUT2D eigenvalue weighted by atomic mass is 16.5. The molecular weight excluding hydrogens is 310 g/mol. The molecule has 0 aliphatic carbocycles. The molecule has 0 spiro atoms. The van der Waals surface area contributed by atoms with Crippen molar-refractivity contribution in [1.29, 1.82) is 0 Å². The summed E-state index contributed by atoms with van der Waals surface area (Å²) in [5, 5.41) is 0. The predicted molar refractivity (Wildman–Crippen MR) is 103 cm³/mol. The molecule has 0 saturated carbocycles. The van der Waals surface area contributed by atoms with Gasteiger partial charge in [0.25, 0.3) is 0 Å². The zero-order chi connectivity index (χ0) is 18.3. The van der Waals surface area contributed by atoms with Crippen LogP contribution in [0, 0.1) is 0 Å². The van der Waals surface area contributed by atoms with E-state index in [1.807, 2.05) is 42.5 Å². The van der Waals surface area contributed by atoms with Gasteiger partial charge in [-0.25, -0.2) is 4.79 Å². The lowest BCUT2D eigenvalue weighted by atomic mass is 9.70. The maximum absolute atomic E-state index is 11.8. The van der Waals surface area contributed by atoms with E-state index < -0.39 is 5.41 Å². The SMILES string of the molecule is COC(=O)/C=C/C(CC(C)N(C)C)(c1ccccc1)c1ccccc1. The molecule has 25 heavy (non-hydrogen) atoms. The highest BCUT2D eigenvalue weighted by Crippen LogP contribution is 2.39. The Morgan fingerprint density at radius 2 is 1.52 bits per heavy atom. The van der Waals surface area contributed by atoms with Crippen molar-refractivity contribution in [3.05, 3.63) is 83.9 Å². The Hall–Kier alpha value is -2.39. The first-order chi connectivity index (χ1) is 12.0. The van der Waals surface area contributed by atoms with E-state index in [1.54, 1.807) is 6.08 Å². The van der Waals surface area contributed by atoms with Gasteiger partial charge in [0.05, 0.1) is 7.11 Å². The molecule has 0 aliphatic heterocycles. The molecule has 0 amide bonds. The highest BCUT2D eigenvalue weighted by molar-refractivity contribution is 5.82. The molecule has 2 aromatic rings. The van der Waals surface area contributed by atoms with Crippen LogP contribution in [-0.4, -0.2) is 38.1 Å². The summed E-state index contributed by atoms with van der Waals surface area (Å²) in [5.74, 6) is -0.339. The Morgan fingerprint density at radius 3 is 1.92 bits per heavy atom. The Balaban J connectivity index is 2.64. The van der Waals surface area contributed by atoms with E-state index in [2.05, 4.69) is 50.2 Å². The second-order valence-corrected chi connectivity index (χ2v) is 6.58. The van der Waals surface area contributed by atoms with Crippen LogP contribution in [0.2, 0.25) is 0 Å². The largest absolute Gasteiger partial charge is 0.466 e. The van der Waals surface area contributed by atoms with Gasteiger partial charge in [-0.2, -0.15) is 0 Å². The zero-order valence-corrected chi connectivity index (χ0v) is 15.5. The average Bonchev–Trinajstić information content (AvgIpc) is 2.66. The van der Waals surface area contributed by atoms with Crippen molar-refractivity contribution in [2.75, 3.05) is 21.2 Å². The quantitative estimate of drug-likeness (QED) is 0.564. The standard InChI is InChI=1S/C22H27NO2/c1-18(23(2)3)17-22(16-15-21(24)25-4,19-11-7-5-8-12-19)20-13-9-6-10-14-20/h5-16,18H,17H2,1-4H3/b16-15+. The minimum absolute atomic E-state index is 0.322. The molecule has 0 N–H and O–H groups in total. The molecule has 3 heteroatoms. The van der Waals surface area contributed by atoms with E-state index in [-0.39, 0.29) is 5.97 Å². The lowest BCUT2D eigenvalue weighted by Gasteiger charge is -2.36. The van der Waals surface area contributed by atoms with Crippen LogP contribution >= 0.6 is 0 Å². The number of hydrogen-bond acceptors (Lipinski definition) is 3. The number of carbonyl (C=O) groups excluding carboxylic acids is 1. The third kappa shape index (κ3) is 4.58. The maximum Gasteiger partial charge on any atom is 0.330 e. The summed E-state index contributed by atoms with van der Waals surface area (Å²) in [6, 6.07) is 21.0. The van der Waals surface area contributed by atoms with E-state index in [0.717, 1.165) is 17.5 Å². The fourth-order valence-electron chi connectivity index (χ4n) is 3.06. The summed E-state index contributed by atoms with van der Waals surface area (Å²) in [7, 11) is 5.56. The summed E-state index contributed by atoms with van der Waals surface area (Å²) in [5.41, 5.74) is 1.92. The molecule has 1 atom stereocenters. The van der Waals surface area contributed by atoms with Gasteiger partial charge in [-0.3, -0.25) is 0 Å². The molecular formula is C22H27NO2. The number of carbonyl (C=O) groups is 1. The van der Waals surface area contributed by atoms with Gasteiger partial charge in [-0.1, -0.05) is 66.7 Å². The molecule has 0 bridgehead atoms. The lowest BCUT2D eigenvalue weighted by Crippen LogP contribution is -2.36. The van der Waals surface area contributed by atoms with Crippen LogP contribution in [0.3, 0.4) is 0 Å². The smallest absolute Gasteiger partial charge is 0.330 e. The molecule has 2 aromatic carbocycles. The summed E-state index contributed by atoms with van der Waals surface area (Å²) in [6.07, 6.45) is 4.38. The third-order valence-electron chi connectivity index (χ3n) is 4.78. The van der Waals surface area contributed by atoms with Gasteiger partial charge < -0.3 is 9.64 Å². The number of esters is 1. The van der Waals surface area contributed by atoms with Crippen LogP contribution in [0.25, 0.3) is 0 Å². The Labute approximate surface area is 150 Å². The first-order valence-electron chi connectivity index (χ1n) is 8.54. The van der Waals surface area contributed by atoms with E-state index in [9.17, 15) is 4.79 Å². The van der Waals surface area contributed by atoms with Crippen molar-refractivity contribution < 1.29 is 9.53 Å². The van der Waals surface area contributed by atoms with Crippen molar-refractivity contribution in [1.82, 2.24) is 4.90 Å². The summed E-state index contributed by atoms with van der Waals surface area (Å²) >= 11 is 0. The number of rotatable bonds is 7. The number of allylic oxidation sites excluding steroid dienone is 1. The van der Waals surface area contributed by atoms with Gasteiger partial charge >= 0.3 is 5.97 Å². The van der Waals surface area contributed by atoms with Crippen LogP contribution in [-0.2, 0) is 14.9 Å². The zero-order valence-electron chi connectivity index (χ0n) is 15.5. The van der Waals surface area contributed by atoms with Crippen LogP contribution < -0.4 is 0 Å². The first-order valence-corrected chi connectivity index (χ1v) is 8.54. The van der Waals surface area contributed by atoms with Crippen LogP contribution in [0.15, 0.2) is 72.8 Å². The van der Waals surface area contributed by atoms with Crippen molar-refractivity contribution >= 4 is 5.97 Å². The van der Waals surface area contributed by atoms with Crippen LogP contribution in [0.5, 0.6) is 0 Å². The van der Waals surface area contributed by atoms with Gasteiger partial charge in [-0.15, -0.1) is 0 Å². The van der Waals surface area contributed by atoms with Gasteiger partial charge in [0.15, 0.2) is 0 Å². The highest BCUT2D eigenvalue weighted by Gasteiger charge is 2.34.